The van der Waals surface area contributed by atoms with Gasteiger partial charge < -0.3 is 14.4 Å². The molecule has 5 rings (SSSR count). The lowest BCUT2D eigenvalue weighted by Crippen LogP contribution is -2.42. The molecule has 4 heterocycles. The normalized spacial score (nSPS) is 31.5. The van der Waals surface area contributed by atoms with Crippen LogP contribution in [0.15, 0.2) is 35.9 Å². The number of alkyl halides is 1. The number of ketones is 1. The summed E-state index contributed by atoms with van der Waals surface area (Å²) >= 11 is 0. The zero-order valence-electron chi connectivity index (χ0n) is 17.5. The maximum Gasteiger partial charge on any atom is 0.290 e. The summed E-state index contributed by atoms with van der Waals surface area (Å²) in [6.45, 7) is 4.63. The van der Waals surface area contributed by atoms with Crippen LogP contribution in [0.3, 0.4) is 0 Å². The molecule has 4 unspecified atom stereocenters. The van der Waals surface area contributed by atoms with Crippen LogP contribution in [0.2, 0.25) is 0 Å². The number of ether oxygens (including phenoxy) is 2. The van der Waals surface area contributed by atoms with Crippen molar-refractivity contribution < 1.29 is 23.5 Å². The Morgan fingerprint density at radius 2 is 2.00 bits per heavy atom. The van der Waals surface area contributed by atoms with Gasteiger partial charge in [0.1, 0.15) is 12.3 Å². The predicted octanol–water partition coefficient (Wildman–Crippen LogP) is 2.05. The third-order valence-electron chi connectivity index (χ3n) is 6.86. The number of hydrogen-bond donors (Lipinski definition) is 0. The second kappa shape index (κ2) is 8.67. The van der Waals surface area contributed by atoms with E-state index in [1.807, 2.05) is 6.07 Å². The Bertz CT molecular complexity index is 871. The highest BCUT2D eigenvalue weighted by Gasteiger charge is 2.52. The van der Waals surface area contributed by atoms with E-state index in [0.717, 1.165) is 44.8 Å². The molecule has 7 nitrogen and oxygen atoms in total. The van der Waals surface area contributed by atoms with E-state index in [2.05, 4.69) is 9.88 Å². The lowest BCUT2D eigenvalue weighted by molar-refractivity contribution is -0.136. The Morgan fingerprint density at radius 1 is 1.16 bits per heavy atom. The molecule has 1 amide bonds. The van der Waals surface area contributed by atoms with Crippen LogP contribution < -0.4 is 0 Å². The number of fused-ring (bicyclic) bond motifs is 1. The van der Waals surface area contributed by atoms with Crippen molar-refractivity contribution in [2.75, 3.05) is 39.4 Å². The number of hydrogen-bond acceptors (Lipinski definition) is 6. The molecule has 0 radical (unpaired) electrons. The molecule has 1 saturated heterocycles. The van der Waals surface area contributed by atoms with Crippen molar-refractivity contribution in [3.8, 4) is 0 Å². The van der Waals surface area contributed by atoms with Crippen LogP contribution >= 0.6 is 0 Å². The Hall–Kier alpha value is -2.32. The third kappa shape index (κ3) is 3.87. The minimum atomic E-state index is -0.991. The molecule has 0 aromatic carbocycles. The molecule has 0 bridgehead atoms. The monoisotopic (exact) mass is 429 g/mol. The number of carbonyl (C=O) groups excluding carboxylic acids is 2. The van der Waals surface area contributed by atoms with Gasteiger partial charge in [-0.3, -0.25) is 19.5 Å². The van der Waals surface area contributed by atoms with Crippen molar-refractivity contribution in [1.29, 1.82) is 0 Å². The van der Waals surface area contributed by atoms with Crippen LogP contribution in [0.25, 0.3) is 0 Å². The number of rotatable bonds is 5. The number of morpholine rings is 1. The number of carbonyl (C=O) groups is 2. The van der Waals surface area contributed by atoms with Gasteiger partial charge in [0.2, 0.25) is 0 Å². The number of pyridine rings is 1. The maximum atomic E-state index is 14.1. The molecule has 2 fully saturated rings. The van der Waals surface area contributed by atoms with Crippen LogP contribution in [0.5, 0.6) is 0 Å². The largest absolute Gasteiger partial charge is 0.483 e. The first-order valence-electron chi connectivity index (χ1n) is 11.2. The van der Waals surface area contributed by atoms with Crippen LogP contribution in [-0.4, -0.2) is 78.1 Å². The Kier molecular flexibility index (Phi) is 5.75. The molecule has 1 aliphatic carbocycles. The second-order valence-corrected chi connectivity index (χ2v) is 8.78. The van der Waals surface area contributed by atoms with Crippen LogP contribution in [0, 0.1) is 5.92 Å². The molecule has 166 valence electrons. The zero-order chi connectivity index (χ0) is 21.4. The molecule has 1 saturated carbocycles. The zero-order valence-corrected chi connectivity index (χ0v) is 17.5. The van der Waals surface area contributed by atoms with Gasteiger partial charge in [-0.2, -0.15) is 0 Å². The Labute approximate surface area is 181 Å². The first-order valence-corrected chi connectivity index (χ1v) is 11.2. The number of nitrogens with zero attached hydrogens (tertiary/aromatic N) is 3. The average Bonchev–Trinajstić information content (AvgIpc) is 3.08. The topological polar surface area (TPSA) is 72.0 Å². The molecule has 0 spiro atoms. The number of amides is 1. The highest BCUT2D eigenvalue weighted by molar-refractivity contribution is 6.11. The van der Waals surface area contributed by atoms with Crippen LogP contribution in [-0.2, 0) is 19.1 Å². The van der Waals surface area contributed by atoms with Gasteiger partial charge in [0.15, 0.2) is 11.5 Å². The summed E-state index contributed by atoms with van der Waals surface area (Å²) in [6.07, 6.45) is 3.78. The van der Waals surface area contributed by atoms with Gasteiger partial charge in [-0.25, -0.2) is 4.39 Å². The van der Waals surface area contributed by atoms with Crippen molar-refractivity contribution in [2.24, 2.45) is 5.92 Å². The molecular formula is C23H28FN3O4. The standard InChI is InChI=1S/C23H28FN3O4/c24-16-4-5-18-17(13-16)21(28)19-20(15-3-1-6-25-14-15)27(23(29)22(19)31-18)8-2-7-26-9-11-30-12-10-26/h1,3,6,14,16-18,20H,2,4-5,7-13H2. The molecule has 3 aliphatic heterocycles. The molecule has 4 atom stereocenters. The molecule has 1 aromatic heterocycles. The Balaban J connectivity index is 1.40. The van der Waals surface area contributed by atoms with Gasteiger partial charge >= 0.3 is 0 Å². The summed E-state index contributed by atoms with van der Waals surface area (Å²) in [7, 11) is 0. The van der Waals surface area contributed by atoms with Crippen molar-refractivity contribution in [2.45, 2.75) is 44.0 Å². The van der Waals surface area contributed by atoms with E-state index < -0.39 is 24.2 Å². The summed E-state index contributed by atoms with van der Waals surface area (Å²) in [4.78, 5) is 35.1. The number of halogens is 1. The van der Waals surface area contributed by atoms with Crippen molar-refractivity contribution in [3.63, 3.8) is 0 Å². The second-order valence-electron chi connectivity index (χ2n) is 8.78. The minimum absolute atomic E-state index is 0.133. The highest BCUT2D eigenvalue weighted by atomic mass is 19.1. The van der Waals surface area contributed by atoms with Crippen LogP contribution in [0.4, 0.5) is 4.39 Å². The molecular weight excluding hydrogens is 401 g/mol. The summed E-state index contributed by atoms with van der Waals surface area (Å²) < 4.78 is 25.5. The quantitative estimate of drug-likeness (QED) is 0.714. The fraction of sp³-hybridized carbons (Fsp3) is 0.609. The molecule has 1 aromatic rings. The summed E-state index contributed by atoms with van der Waals surface area (Å²) in [6, 6.07) is 3.17. The number of aromatic nitrogens is 1. The molecule has 31 heavy (non-hydrogen) atoms. The molecule has 0 N–H and O–H groups in total. The van der Waals surface area contributed by atoms with E-state index in [1.54, 1.807) is 23.4 Å². The van der Waals surface area contributed by atoms with E-state index in [-0.39, 0.29) is 23.9 Å². The highest BCUT2D eigenvalue weighted by Crippen LogP contribution is 2.46. The van der Waals surface area contributed by atoms with Crippen molar-refractivity contribution in [3.05, 3.63) is 41.4 Å². The van der Waals surface area contributed by atoms with Gasteiger partial charge in [-0.15, -0.1) is 0 Å². The van der Waals surface area contributed by atoms with E-state index in [1.165, 1.54) is 0 Å². The summed E-state index contributed by atoms with van der Waals surface area (Å²) in [5.41, 5.74) is 1.18. The first-order chi connectivity index (χ1) is 15.1. The smallest absolute Gasteiger partial charge is 0.290 e. The van der Waals surface area contributed by atoms with Gasteiger partial charge in [-0.05, 0) is 37.3 Å². The first kappa shape index (κ1) is 20.6. The lowest BCUT2D eigenvalue weighted by Gasteiger charge is -2.36. The van der Waals surface area contributed by atoms with E-state index >= 15 is 0 Å². The van der Waals surface area contributed by atoms with Gasteiger partial charge in [0.05, 0.1) is 30.7 Å². The minimum Gasteiger partial charge on any atom is -0.483 e. The van der Waals surface area contributed by atoms with Crippen molar-refractivity contribution >= 4 is 11.7 Å². The van der Waals surface area contributed by atoms with Crippen LogP contribution in [0.1, 0.15) is 37.3 Å². The van der Waals surface area contributed by atoms with Gasteiger partial charge in [0, 0.05) is 38.6 Å². The molecule has 4 aliphatic rings. The lowest BCUT2D eigenvalue weighted by atomic mass is 9.77. The predicted molar refractivity (Wildman–Crippen MR) is 110 cm³/mol. The van der Waals surface area contributed by atoms with E-state index in [9.17, 15) is 14.0 Å². The fourth-order valence-electron chi connectivity index (χ4n) is 5.27. The van der Waals surface area contributed by atoms with Gasteiger partial charge in [-0.1, -0.05) is 6.07 Å². The summed E-state index contributed by atoms with van der Waals surface area (Å²) in [5, 5.41) is 0. The van der Waals surface area contributed by atoms with E-state index in [0.29, 0.717) is 25.0 Å². The number of Topliss-reactive ketones (excluding diaryl/α,β-unsaturated/α-hetero) is 1. The summed E-state index contributed by atoms with van der Waals surface area (Å²) in [5.74, 6) is -0.710. The Morgan fingerprint density at radius 3 is 2.77 bits per heavy atom. The SMILES string of the molecule is O=C1C2=C(OC3CCC(F)CC13)C(=O)N(CCCN1CCOCC1)C2c1cccnc1. The fourth-order valence-corrected chi connectivity index (χ4v) is 5.27. The van der Waals surface area contributed by atoms with E-state index in [4.69, 9.17) is 9.47 Å². The molecule has 8 heteroatoms. The maximum absolute atomic E-state index is 14.1. The van der Waals surface area contributed by atoms with Crippen molar-refractivity contribution in [1.82, 2.24) is 14.8 Å². The average molecular weight is 429 g/mol. The third-order valence-corrected chi connectivity index (χ3v) is 6.86. The van der Waals surface area contributed by atoms with Gasteiger partial charge in [0.25, 0.3) is 5.91 Å².